The third-order valence-electron chi connectivity index (χ3n) is 2.58. The highest BCUT2D eigenvalue weighted by Crippen LogP contribution is 2.14. The minimum atomic E-state index is -0.483. The number of Topliss-reactive ketones (excluding diaryl/α,β-unsaturated/α-hetero) is 1. The van der Waals surface area contributed by atoms with Gasteiger partial charge < -0.3 is 14.2 Å². The van der Waals surface area contributed by atoms with Crippen LogP contribution in [0.15, 0.2) is 24.3 Å². The zero-order valence-corrected chi connectivity index (χ0v) is 11.3. The molecule has 0 fully saturated rings. The summed E-state index contributed by atoms with van der Waals surface area (Å²) in [5, 5.41) is 0. The molecule has 0 aliphatic heterocycles. The Balaban J connectivity index is 2.62. The molecule has 0 aromatic heterocycles. The summed E-state index contributed by atoms with van der Waals surface area (Å²) in [7, 11) is 3.20. The highest BCUT2D eigenvalue weighted by Gasteiger charge is 2.18. The van der Waals surface area contributed by atoms with E-state index in [1.807, 2.05) is 6.92 Å². The summed E-state index contributed by atoms with van der Waals surface area (Å²) in [6.07, 6.45) is -0.587. The lowest BCUT2D eigenvalue weighted by Gasteiger charge is -2.17. The van der Waals surface area contributed by atoms with E-state index in [1.165, 1.54) is 0 Å². The summed E-state index contributed by atoms with van der Waals surface area (Å²) >= 11 is 0. The molecule has 18 heavy (non-hydrogen) atoms. The molecule has 0 bridgehead atoms. The van der Waals surface area contributed by atoms with Crippen molar-refractivity contribution in [3.8, 4) is 5.75 Å². The van der Waals surface area contributed by atoms with Gasteiger partial charge in [0.25, 0.3) is 0 Å². The molecule has 0 aliphatic rings. The van der Waals surface area contributed by atoms with Crippen LogP contribution in [-0.4, -0.2) is 38.8 Å². The maximum atomic E-state index is 12.1. The SMILES string of the molecule is COCC(C)OC(C)C(=O)c1ccc(OC)cc1. The van der Waals surface area contributed by atoms with Crippen LogP contribution in [0, 0.1) is 0 Å². The summed E-state index contributed by atoms with van der Waals surface area (Å²) in [4.78, 5) is 12.1. The summed E-state index contributed by atoms with van der Waals surface area (Å²) in [6.45, 7) is 4.10. The van der Waals surface area contributed by atoms with Crippen molar-refractivity contribution in [1.82, 2.24) is 0 Å². The van der Waals surface area contributed by atoms with Gasteiger partial charge in [-0.25, -0.2) is 0 Å². The van der Waals surface area contributed by atoms with Crippen molar-refractivity contribution >= 4 is 5.78 Å². The number of methoxy groups -OCH3 is 2. The lowest BCUT2D eigenvalue weighted by Crippen LogP contribution is -2.27. The van der Waals surface area contributed by atoms with Crippen molar-refractivity contribution in [1.29, 1.82) is 0 Å². The van der Waals surface area contributed by atoms with Crippen molar-refractivity contribution in [2.45, 2.75) is 26.1 Å². The van der Waals surface area contributed by atoms with Crippen LogP contribution in [0.1, 0.15) is 24.2 Å². The fourth-order valence-electron chi connectivity index (χ4n) is 1.67. The van der Waals surface area contributed by atoms with Crippen LogP contribution in [0.2, 0.25) is 0 Å². The highest BCUT2D eigenvalue weighted by atomic mass is 16.5. The van der Waals surface area contributed by atoms with Crippen molar-refractivity contribution in [2.24, 2.45) is 0 Å². The monoisotopic (exact) mass is 252 g/mol. The van der Waals surface area contributed by atoms with Crippen molar-refractivity contribution < 1.29 is 19.0 Å². The molecule has 2 atom stereocenters. The smallest absolute Gasteiger partial charge is 0.191 e. The molecule has 1 aromatic rings. The fourth-order valence-corrected chi connectivity index (χ4v) is 1.67. The number of rotatable bonds is 7. The minimum Gasteiger partial charge on any atom is -0.497 e. The molecule has 0 aliphatic carbocycles. The first-order valence-electron chi connectivity index (χ1n) is 5.91. The molecule has 4 nitrogen and oxygen atoms in total. The zero-order valence-electron chi connectivity index (χ0n) is 11.3. The molecule has 1 aromatic carbocycles. The summed E-state index contributed by atoms with van der Waals surface area (Å²) in [5.74, 6) is 0.688. The second-order valence-corrected chi connectivity index (χ2v) is 4.14. The van der Waals surface area contributed by atoms with Crippen molar-refractivity contribution in [3.63, 3.8) is 0 Å². The molecule has 100 valence electrons. The van der Waals surface area contributed by atoms with Crippen LogP contribution in [0.3, 0.4) is 0 Å². The van der Waals surface area contributed by atoms with Gasteiger partial charge in [-0.1, -0.05) is 0 Å². The number of benzene rings is 1. The van der Waals surface area contributed by atoms with Gasteiger partial charge in [-0.15, -0.1) is 0 Å². The third kappa shape index (κ3) is 4.13. The van der Waals surface area contributed by atoms with Crippen LogP contribution in [0.25, 0.3) is 0 Å². The largest absolute Gasteiger partial charge is 0.497 e. The number of ether oxygens (including phenoxy) is 3. The lowest BCUT2D eigenvalue weighted by molar-refractivity contribution is -0.0214. The minimum absolute atomic E-state index is 0.0411. The molecule has 2 unspecified atom stereocenters. The summed E-state index contributed by atoms with van der Waals surface area (Å²) in [5.41, 5.74) is 0.618. The molecule has 0 radical (unpaired) electrons. The second-order valence-electron chi connectivity index (χ2n) is 4.14. The first kappa shape index (κ1) is 14.7. The van der Waals surface area contributed by atoms with Crippen LogP contribution in [-0.2, 0) is 9.47 Å². The normalized spacial score (nSPS) is 14.0. The molecule has 0 heterocycles. The number of carbonyl (C=O) groups excluding carboxylic acids is 1. The molecule has 0 spiro atoms. The number of ketones is 1. The quantitative estimate of drug-likeness (QED) is 0.699. The Hall–Kier alpha value is -1.39. The van der Waals surface area contributed by atoms with Gasteiger partial charge in [0, 0.05) is 12.7 Å². The van der Waals surface area contributed by atoms with Gasteiger partial charge in [0.05, 0.1) is 19.8 Å². The van der Waals surface area contributed by atoms with Gasteiger partial charge in [0.1, 0.15) is 11.9 Å². The van der Waals surface area contributed by atoms with Gasteiger partial charge in [-0.3, -0.25) is 4.79 Å². The van der Waals surface area contributed by atoms with E-state index in [-0.39, 0.29) is 11.9 Å². The van der Waals surface area contributed by atoms with Crippen LogP contribution in [0.5, 0.6) is 5.75 Å². The Morgan fingerprint density at radius 2 is 1.78 bits per heavy atom. The third-order valence-corrected chi connectivity index (χ3v) is 2.58. The topological polar surface area (TPSA) is 44.8 Å². The van der Waals surface area contributed by atoms with Crippen LogP contribution < -0.4 is 4.74 Å². The highest BCUT2D eigenvalue weighted by molar-refractivity contribution is 5.99. The van der Waals surface area contributed by atoms with E-state index >= 15 is 0 Å². The maximum absolute atomic E-state index is 12.1. The van der Waals surface area contributed by atoms with E-state index in [0.717, 1.165) is 5.75 Å². The first-order chi connectivity index (χ1) is 8.58. The van der Waals surface area contributed by atoms with Gasteiger partial charge in [0.15, 0.2) is 5.78 Å². The number of carbonyl (C=O) groups is 1. The van der Waals surface area contributed by atoms with E-state index in [9.17, 15) is 4.79 Å². The van der Waals surface area contributed by atoms with E-state index in [2.05, 4.69) is 0 Å². The Bertz CT molecular complexity index is 372. The standard InChI is InChI=1S/C14H20O4/c1-10(9-16-3)18-11(2)14(15)12-5-7-13(17-4)8-6-12/h5-8,10-11H,9H2,1-4H3. The van der Waals surface area contributed by atoms with Crippen molar-refractivity contribution in [2.75, 3.05) is 20.8 Å². The first-order valence-corrected chi connectivity index (χ1v) is 5.91. The molecule has 4 heteroatoms. The Kier molecular flexibility index (Phi) is 5.82. The zero-order chi connectivity index (χ0) is 13.5. The average Bonchev–Trinajstić information content (AvgIpc) is 2.38. The molecule has 0 saturated heterocycles. The van der Waals surface area contributed by atoms with E-state index in [4.69, 9.17) is 14.2 Å². The van der Waals surface area contributed by atoms with Gasteiger partial charge in [-0.2, -0.15) is 0 Å². The molecule has 0 amide bonds. The Morgan fingerprint density at radius 3 is 2.28 bits per heavy atom. The molecule has 1 rings (SSSR count). The predicted octanol–water partition coefficient (Wildman–Crippen LogP) is 2.32. The number of hydrogen-bond acceptors (Lipinski definition) is 4. The van der Waals surface area contributed by atoms with E-state index < -0.39 is 6.10 Å². The predicted molar refractivity (Wildman–Crippen MR) is 69.2 cm³/mol. The van der Waals surface area contributed by atoms with Crippen molar-refractivity contribution in [3.05, 3.63) is 29.8 Å². The lowest BCUT2D eigenvalue weighted by atomic mass is 10.1. The van der Waals surface area contributed by atoms with E-state index in [1.54, 1.807) is 45.4 Å². The molecule has 0 saturated carbocycles. The van der Waals surface area contributed by atoms with E-state index in [0.29, 0.717) is 12.2 Å². The average molecular weight is 252 g/mol. The van der Waals surface area contributed by atoms with Crippen LogP contribution in [0.4, 0.5) is 0 Å². The fraction of sp³-hybridized carbons (Fsp3) is 0.500. The Labute approximate surface area is 108 Å². The van der Waals surface area contributed by atoms with Gasteiger partial charge in [-0.05, 0) is 38.1 Å². The molecular formula is C14H20O4. The summed E-state index contributed by atoms with van der Waals surface area (Å²) in [6, 6.07) is 7.00. The summed E-state index contributed by atoms with van der Waals surface area (Å²) < 4.78 is 15.6. The van der Waals surface area contributed by atoms with Crippen LogP contribution >= 0.6 is 0 Å². The maximum Gasteiger partial charge on any atom is 0.191 e. The van der Waals surface area contributed by atoms with Gasteiger partial charge in [0.2, 0.25) is 0 Å². The number of hydrogen-bond donors (Lipinski definition) is 0. The molecular weight excluding hydrogens is 232 g/mol. The second kappa shape index (κ2) is 7.13. The van der Waals surface area contributed by atoms with Gasteiger partial charge >= 0.3 is 0 Å². The Morgan fingerprint density at radius 1 is 1.17 bits per heavy atom. The molecule has 0 N–H and O–H groups in total.